The van der Waals surface area contributed by atoms with Crippen LogP contribution in [0.15, 0.2) is 18.2 Å². The van der Waals surface area contributed by atoms with Crippen LogP contribution in [0.25, 0.3) is 0 Å². The van der Waals surface area contributed by atoms with Gasteiger partial charge in [-0.15, -0.1) is 0 Å². The zero-order chi connectivity index (χ0) is 22.2. The van der Waals surface area contributed by atoms with Crippen LogP contribution in [-0.2, 0) is 25.9 Å². The van der Waals surface area contributed by atoms with Gasteiger partial charge in [0, 0.05) is 38.0 Å². The lowest BCUT2D eigenvalue weighted by Gasteiger charge is -2.48. The first-order valence-electron chi connectivity index (χ1n) is 11.1. The minimum absolute atomic E-state index is 0.0322. The quantitative estimate of drug-likeness (QED) is 0.586. The number of carbonyl (C=O) groups is 1. The second-order valence-corrected chi connectivity index (χ2v) is 10.4. The second kappa shape index (κ2) is 8.78. The molecular weight excluding hydrogens is 420 g/mol. The molecule has 4 atom stereocenters. The van der Waals surface area contributed by atoms with Crippen molar-refractivity contribution in [3.05, 3.63) is 29.3 Å². The Balaban J connectivity index is 0.000000180. The maximum atomic E-state index is 12.3. The number of aromatic hydroxyl groups is 1. The maximum Gasteiger partial charge on any atom is 0.413 e. The van der Waals surface area contributed by atoms with Gasteiger partial charge >= 0.3 is 10.4 Å². The van der Waals surface area contributed by atoms with Crippen LogP contribution in [0.3, 0.4) is 0 Å². The van der Waals surface area contributed by atoms with Gasteiger partial charge in [0.15, 0.2) is 0 Å². The summed E-state index contributed by atoms with van der Waals surface area (Å²) in [6.45, 7) is 4.46. The van der Waals surface area contributed by atoms with Crippen molar-refractivity contribution in [3.8, 4) is 5.75 Å². The van der Waals surface area contributed by atoms with Crippen LogP contribution in [0.5, 0.6) is 5.75 Å². The number of ketones is 1. The summed E-state index contributed by atoms with van der Waals surface area (Å²) in [6, 6.07) is 5.90. The zero-order valence-corrected chi connectivity index (χ0v) is 18.7. The summed E-state index contributed by atoms with van der Waals surface area (Å²) in [6.07, 6.45) is 6.34. The number of hydroxylamine groups is 2. The Kier molecular flexibility index (Phi) is 6.42. The number of benzene rings is 1. The van der Waals surface area contributed by atoms with Crippen molar-refractivity contribution in [1.82, 2.24) is 10.4 Å². The fourth-order valence-electron chi connectivity index (χ4n) is 6.19. The van der Waals surface area contributed by atoms with E-state index in [1.54, 1.807) is 0 Å². The summed E-state index contributed by atoms with van der Waals surface area (Å²) < 4.78 is 32.8. The number of fused-ring (bicyclic) bond motifs is 5. The van der Waals surface area contributed by atoms with Crippen LogP contribution in [-0.4, -0.2) is 55.1 Å². The van der Waals surface area contributed by atoms with Gasteiger partial charge in [-0.2, -0.15) is 17.8 Å². The molecule has 2 saturated carbocycles. The molecule has 1 heterocycles. The van der Waals surface area contributed by atoms with E-state index in [-0.39, 0.29) is 5.41 Å². The minimum Gasteiger partial charge on any atom is -0.508 e. The largest absolute Gasteiger partial charge is 0.508 e. The van der Waals surface area contributed by atoms with E-state index in [1.165, 1.54) is 22.6 Å². The fraction of sp³-hybridized carbons (Fsp3) is 0.682. The van der Waals surface area contributed by atoms with Gasteiger partial charge in [-0.1, -0.05) is 13.0 Å². The first-order valence-corrected chi connectivity index (χ1v) is 12.5. The number of Topliss-reactive ketones (excluding diaryl/α,β-unsaturated/α-hetero) is 1. The number of nitrogens with zero attached hydrogens (tertiary/aromatic N) is 1. The van der Waals surface area contributed by atoms with Gasteiger partial charge in [0.25, 0.3) is 0 Å². The molecule has 0 bridgehead atoms. The Hall–Kier alpha value is -1.52. The van der Waals surface area contributed by atoms with E-state index >= 15 is 0 Å². The number of phenolic OH excluding ortho intramolecular Hbond substituents is 1. The molecule has 0 radical (unpaired) electrons. The molecule has 8 nitrogen and oxygen atoms in total. The monoisotopic (exact) mass is 452 g/mol. The number of hydrogen-bond acceptors (Lipinski definition) is 7. The number of piperazine rings is 1. The highest BCUT2D eigenvalue weighted by molar-refractivity contribution is 7.80. The third kappa shape index (κ3) is 4.80. The van der Waals surface area contributed by atoms with E-state index in [9.17, 15) is 18.3 Å². The van der Waals surface area contributed by atoms with E-state index in [0.29, 0.717) is 55.5 Å². The molecule has 5 rings (SSSR count). The molecule has 3 fully saturated rings. The molecule has 1 saturated heterocycles. The number of carbonyl (C=O) groups excluding carboxylic acids is 1. The third-order valence-electron chi connectivity index (χ3n) is 7.69. The van der Waals surface area contributed by atoms with Crippen LogP contribution < -0.4 is 5.32 Å². The van der Waals surface area contributed by atoms with E-state index < -0.39 is 10.4 Å². The topological polar surface area (TPSA) is 116 Å². The number of aryl methyl sites for hydroxylation is 1. The van der Waals surface area contributed by atoms with E-state index in [4.69, 9.17) is 4.55 Å². The molecule has 1 aromatic carbocycles. The third-order valence-corrected chi connectivity index (χ3v) is 8.09. The highest BCUT2D eigenvalue weighted by Gasteiger charge is 2.54. The smallest absolute Gasteiger partial charge is 0.413 e. The summed E-state index contributed by atoms with van der Waals surface area (Å²) >= 11 is 0. The van der Waals surface area contributed by atoms with E-state index in [2.05, 4.69) is 22.6 Å². The standard InChI is InChI=1S/C18H22O2.C4H10N2O4S/c1-18-9-8-14-13-5-3-12(19)10-11(13)2-4-15(14)16(18)6-7-17(18)20;7-11(8,9)10-6-3-1-5-2-4-6/h3,5,10,14-16,19H,2,4,6-9H2,1H3;5H,1-4H2,(H,7,8,9)/t14-,15-,16+,18+;/m1./s1. The van der Waals surface area contributed by atoms with Crippen molar-refractivity contribution >= 4 is 16.2 Å². The zero-order valence-electron chi connectivity index (χ0n) is 17.9. The van der Waals surface area contributed by atoms with E-state index in [1.807, 2.05) is 12.1 Å². The second-order valence-electron chi connectivity index (χ2n) is 9.40. The van der Waals surface area contributed by atoms with E-state index in [0.717, 1.165) is 32.1 Å². The van der Waals surface area contributed by atoms with Gasteiger partial charge < -0.3 is 10.4 Å². The summed E-state index contributed by atoms with van der Waals surface area (Å²) in [5, 5.41) is 13.9. The molecule has 3 aliphatic carbocycles. The molecule has 0 amide bonds. The van der Waals surface area contributed by atoms with Gasteiger partial charge in [0.2, 0.25) is 0 Å². The normalized spacial score (nSPS) is 33.0. The van der Waals surface area contributed by atoms with Crippen molar-refractivity contribution in [1.29, 1.82) is 0 Å². The van der Waals surface area contributed by atoms with Gasteiger partial charge in [-0.05, 0) is 73.1 Å². The highest BCUT2D eigenvalue weighted by atomic mass is 32.3. The number of phenols is 1. The SMILES string of the molecule is C[C@]12CC[C@@H]3c4ccc(O)cc4CC[C@H]3[C@@H]1CCC2=O.O=S(=O)(O)ON1CCNCC1. The average molecular weight is 453 g/mol. The molecule has 9 heteroatoms. The van der Waals surface area contributed by atoms with Crippen LogP contribution >= 0.6 is 0 Å². The Morgan fingerprint density at radius 3 is 2.61 bits per heavy atom. The minimum atomic E-state index is -4.33. The molecule has 0 aromatic heterocycles. The molecule has 0 spiro atoms. The van der Waals surface area contributed by atoms with Gasteiger partial charge in [-0.25, -0.2) is 0 Å². The van der Waals surface area contributed by atoms with Crippen molar-refractivity contribution in [2.45, 2.75) is 51.4 Å². The molecule has 1 aromatic rings. The molecular formula is C22H32N2O6S. The lowest BCUT2D eigenvalue weighted by molar-refractivity contribution is -0.129. The maximum absolute atomic E-state index is 12.3. The molecule has 172 valence electrons. The predicted molar refractivity (Wildman–Crippen MR) is 115 cm³/mol. The molecule has 3 N–H and O–H groups in total. The van der Waals surface area contributed by atoms with Crippen molar-refractivity contribution in [2.75, 3.05) is 26.2 Å². The van der Waals surface area contributed by atoms with Crippen LogP contribution in [0.2, 0.25) is 0 Å². The van der Waals surface area contributed by atoms with Gasteiger partial charge in [0.05, 0.1) is 0 Å². The van der Waals surface area contributed by atoms with Gasteiger partial charge in [-0.3, -0.25) is 9.35 Å². The van der Waals surface area contributed by atoms with Crippen LogP contribution in [0.4, 0.5) is 0 Å². The number of rotatable bonds is 2. The summed E-state index contributed by atoms with van der Waals surface area (Å²) in [4.78, 5) is 12.3. The first-order chi connectivity index (χ1) is 14.7. The lowest BCUT2D eigenvalue weighted by atomic mass is 9.55. The predicted octanol–water partition coefficient (Wildman–Crippen LogP) is 2.44. The highest BCUT2D eigenvalue weighted by Crippen LogP contribution is 2.59. The Bertz CT molecular complexity index is 930. The first kappa shape index (κ1) is 22.7. The summed E-state index contributed by atoms with van der Waals surface area (Å²) in [5.41, 5.74) is 2.75. The van der Waals surface area contributed by atoms with Crippen LogP contribution in [0, 0.1) is 17.3 Å². The molecule has 31 heavy (non-hydrogen) atoms. The van der Waals surface area contributed by atoms with Crippen molar-refractivity contribution in [3.63, 3.8) is 0 Å². The summed E-state index contributed by atoms with van der Waals surface area (Å²) in [5.74, 6) is 2.78. The summed E-state index contributed by atoms with van der Waals surface area (Å²) in [7, 11) is -4.33. The molecule has 0 unspecified atom stereocenters. The lowest BCUT2D eigenvalue weighted by Crippen LogP contribution is -2.44. The van der Waals surface area contributed by atoms with Crippen molar-refractivity contribution < 1.29 is 27.2 Å². The molecule has 4 aliphatic rings. The van der Waals surface area contributed by atoms with Gasteiger partial charge in [0.1, 0.15) is 11.5 Å². The Labute approximate surface area is 183 Å². The Morgan fingerprint density at radius 1 is 1.16 bits per heavy atom. The number of nitrogens with one attached hydrogen (secondary N) is 1. The Morgan fingerprint density at radius 2 is 1.90 bits per heavy atom. The average Bonchev–Trinajstić information content (AvgIpc) is 3.02. The fourth-order valence-corrected chi connectivity index (χ4v) is 6.61. The molecule has 1 aliphatic heterocycles. The van der Waals surface area contributed by atoms with Crippen molar-refractivity contribution in [2.24, 2.45) is 17.3 Å². The number of hydrogen-bond donors (Lipinski definition) is 3. The van der Waals surface area contributed by atoms with Crippen LogP contribution in [0.1, 0.15) is 56.1 Å².